The fourth-order valence-corrected chi connectivity index (χ4v) is 4.40. The summed E-state index contributed by atoms with van der Waals surface area (Å²) >= 11 is 6.26. The Bertz CT molecular complexity index is 1360. The lowest BCUT2D eigenvalue weighted by atomic mass is 10.0. The Morgan fingerprint density at radius 3 is 2.66 bits per heavy atom. The summed E-state index contributed by atoms with van der Waals surface area (Å²) in [6.45, 7) is 0.625. The Morgan fingerprint density at radius 2 is 1.84 bits per heavy atom. The first-order valence-corrected chi connectivity index (χ1v) is 10.4. The van der Waals surface area contributed by atoms with Gasteiger partial charge in [0.15, 0.2) is 0 Å². The van der Waals surface area contributed by atoms with E-state index < -0.39 is 0 Å². The van der Waals surface area contributed by atoms with Crippen molar-refractivity contribution >= 4 is 40.4 Å². The number of carbonyl (C=O) groups excluding carboxylic acids is 1. The van der Waals surface area contributed by atoms with Crippen LogP contribution in [0, 0.1) is 17.1 Å². The van der Waals surface area contributed by atoms with Crippen LogP contribution in [-0.4, -0.2) is 24.1 Å². The normalized spacial score (nSPS) is 15.0. The van der Waals surface area contributed by atoms with Crippen LogP contribution in [0.4, 0.5) is 27.3 Å². The highest BCUT2D eigenvalue weighted by Crippen LogP contribution is 2.41. The minimum atomic E-state index is -0.349. The third kappa shape index (κ3) is 3.27. The van der Waals surface area contributed by atoms with Crippen molar-refractivity contribution in [3.63, 3.8) is 0 Å². The molecule has 2 N–H and O–H groups in total. The number of nitriles is 1. The van der Waals surface area contributed by atoms with Gasteiger partial charge in [0.2, 0.25) is 5.56 Å². The topological polar surface area (TPSA) is 92.2 Å². The van der Waals surface area contributed by atoms with E-state index in [2.05, 4.69) is 16.4 Å². The Kier molecular flexibility index (Phi) is 4.83. The standard InChI is InChI=1S/C23H17ClFN5O2/c24-17-10-16-20(9-14(17)11-26)29-12-30(23(16)32)19-5-6-21(31)28-22(19)27-7-1-2-13-8-15(25)3-4-18(13)29/h3-6,8-10H,1-2,7,12H2,(H2,27,28,31). The highest BCUT2D eigenvalue weighted by Gasteiger charge is 2.34. The Labute approximate surface area is 187 Å². The molecule has 2 aromatic carbocycles. The van der Waals surface area contributed by atoms with Crippen LogP contribution >= 0.6 is 11.6 Å². The SMILES string of the molecule is N#Cc1cc2c(cc1Cl)C(=O)N1CN2c2ccc(F)cc2CCCNc2[nH]c(=O)ccc21. The number of hydrogen-bond donors (Lipinski definition) is 2. The maximum atomic E-state index is 14.1. The minimum absolute atomic E-state index is 0.109. The molecule has 2 bridgehead atoms. The van der Waals surface area contributed by atoms with E-state index in [1.165, 1.54) is 29.2 Å². The van der Waals surface area contributed by atoms with Crippen molar-refractivity contribution in [1.82, 2.24) is 4.98 Å². The number of aromatic nitrogens is 1. The molecule has 9 heteroatoms. The second-order valence-electron chi connectivity index (χ2n) is 7.65. The molecular formula is C23H17ClFN5O2. The van der Waals surface area contributed by atoms with Crippen molar-refractivity contribution in [2.45, 2.75) is 12.8 Å². The summed E-state index contributed by atoms with van der Waals surface area (Å²) in [5, 5.41) is 12.8. The lowest BCUT2D eigenvalue weighted by molar-refractivity contribution is 0.0983. The highest BCUT2D eigenvalue weighted by molar-refractivity contribution is 6.32. The van der Waals surface area contributed by atoms with Crippen LogP contribution in [0.5, 0.6) is 0 Å². The van der Waals surface area contributed by atoms with Crippen molar-refractivity contribution in [2.24, 2.45) is 0 Å². The highest BCUT2D eigenvalue weighted by atomic mass is 35.5. The largest absolute Gasteiger partial charge is 0.370 e. The van der Waals surface area contributed by atoms with Gasteiger partial charge in [-0.2, -0.15) is 5.26 Å². The van der Waals surface area contributed by atoms with Crippen LogP contribution in [0.15, 0.2) is 47.3 Å². The quantitative estimate of drug-likeness (QED) is 0.537. The van der Waals surface area contributed by atoms with Crippen molar-refractivity contribution < 1.29 is 9.18 Å². The molecule has 0 radical (unpaired) electrons. The maximum absolute atomic E-state index is 14.1. The lowest BCUT2D eigenvalue weighted by Gasteiger charge is -2.39. The number of nitrogens with one attached hydrogen (secondary N) is 2. The van der Waals surface area contributed by atoms with Crippen molar-refractivity contribution in [3.05, 3.63) is 80.3 Å². The molecule has 1 aromatic heterocycles. The average Bonchev–Trinajstić information content (AvgIpc) is 2.80. The first-order valence-electron chi connectivity index (χ1n) is 10.0. The monoisotopic (exact) mass is 449 g/mol. The third-order valence-corrected chi connectivity index (χ3v) is 6.01. The van der Waals surface area contributed by atoms with E-state index >= 15 is 0 Å². The summed E-state index contributed by atoms with van der Waals surface area (Å²) < 4.78 is 14.1. The fraction of sp³-hybridized carbons (Fsp3) is 0.174. The molecule has 5 rings (SSSR count). The predicted octanol–water partition coefficient (Wildman–Crippen LogP) is 4.15. The van der Waals surface area contributed by atoms with Crippen LogP contribution in [0.25, 0.3) is 0 Å². The number of benzene rings is 2. The van der Waals surface area contributed by atoms with Gasteiger partial charge in [-0.05, 0) is 54.8 Å². The lowest BCUT2D eigenvalue weighted by Crippen LogP contribution is -2.45. The molecule has 0 unspecified atom stereocenters. The molecule has 160 valence electrons. The van der Waals surface area contributed by atoms with Gasteiger partial charge in [-0.3, -0.25) is 14.5 Å². The number of halogens is 2. The van der Waals surface area contributed by atoms with Gasteiger partial charge in [0.1, 0.15) is 24.4 Å². The maximum Gasteiger partial charge on any atom is 0.262 e. The van der Waals surface area contributed by atoms with Gasteiger partial charge < -0.3 is 15.2 Å². The van der Waals surface area contributed by atoms with Gasteiger partial charge in [0, 0.05) is 18.3 Å². The molecule has 0 atom stereocenters. The van der Waals surface area contributed by atoms with Gasteiger partial charge >= 0.3 is 0 Å². The number of amides is 1. The van der Waals surface area contributed by atoms with E-state index in [1.54, 1.807) is 18.2 Å². The summed E-state index contributed by atoms with van der Waals surface area (Å²) in [5.41, 5.74) is 2.82. The number of nitrogens with zero attached hydrogens (tertiary/aromatic N) is 3. The molecule has 3 heterocycles. The van der Waals surface area contributed by atoms with Crippen molar-refractivity contribution in [1.29, 1.82) is 5.26 Å². The van der Waals surface area contributed by atoms with Crippen LogP contribution in [-0.2, 0) is 6.42 Å². The number of aryl methyl sites for hydroxylation is 1. The molecule has 0 fully saturated rings. The number of aromatic amines is 1. The molecule has 7 nitrogen and oxygen atoms in total. The van der Waals surface area contributed by atoms with E-state index in [9.17, 15) is 19.2 Å². The number of pyridine rings is 1. The van der Waals surface area contributed by atoms with Gasteiger partial charge in [-0.25, -0.2) is 4.39 Å². The number of rotatable bonds is 0. The van der Waals surface area contributed by atoms with E-state index in [-0.39, 0.29) is 34.5 Å². The molecule has 0 aliphatic carbocycles. The van der Waals surface area contributed by atoms with E-state index in [1.807, 2.05) is 4.90 Å². The number of carbonyl (C=O) groups is 1. The number of fused-ring (bicyclic) bond motifs is 8. The molecule has 0 saturated carbocycles. The van der Waals surface area contributed by atoms with Crippen LogP contribution in [0.1, 0.15) is 27.9 Å². The smallest absolute Gasteiger partial charge is 0.262 e. The Hall–Kier alpha value is -3.83. The first-order chi connectivity index (χ1) is 15.5. The minimum Gasteiger partial charge on any atom is -0.370 e. The Morgan fingerprint density at radius 1 is 1.03 bits per heavy atom. The van der Waals surface area contributed by atoms with Crippen LogP contribution < -0.4 is 20.7 Å². The van der Waals surface area contributed by atoms with E-state index in [0.29, 0.717) is 42.1 Å². The first kappa shape index (κ1) is 20.1. The average molecular weight is 450 g/mol. The number of anilines is 4. The second-order valence-corrected chi connectivity index (χ2v) is 8.06. The molecule has 32 heavy (non-hydrogen) atoms. The van der Waals surface area contributed by atoms with Gasteiger partial charge in [0.25, 0.3) is 5.91 Å². The zero-order valence-corrected chi connectivity index (χ0v) is 17.5. The van der Waals surface area contributed by atoms with Gasteiger partial charge in [-0.15, -0.1) is 0 Å². The summed E-state index contributed by atoms with van der Waals surface area (Å²) in [5.74, 6) is -0.232. The second kappa shape index (κ2) is 7.70. The van der Waals surface area contributed by atoms with Crippen molar-refractivity contribution in [3.8, 4) is 6.07 Å². The van der Waals surface area contributed by atoms with E-state index in [0.717, 1.165) is 11.3 Å². The molecule has 2 aliphatic rings. The van der Waals surface area contributed by atoms with E-state index in [4.69, 9.17) is 11.6 Å². The summed E-state index contributed by atoms with van der Waals surface area (Å²) in [4.78, 5) is 31.6. The fourth-order valence-electron chi connectivity index (χ4n) is 4.20. The van der Waals surface area contributed by atoms with Gasteiger partial charge in [-0.1, -0.05) is 11.6 Å². The molecule has 0 spiro atoms. The summed E-state index contributed by atoms with van der Waals surface area (Å²) in [6.07, 6.45) is 1.25. The summed E-state index contributed by atoms with van der Waals surface area (Å²) in [7, 11) is 0. The zero-order chi connectivity index (χ0) is 22.4. The number of hydrogen-bond acceptors (Lipinski definition) is 5. The van der Waals surface area contributed by atoms with Crippen molar-refractivity contribution in [2.75, 3.05) is 28.3 Å². The molecule has 2 aliphatic heterocycles. The molecule has 3 aromatic rings. The van der Waals surface area contributed by atoms with Crippen LogP contribution in [0.3, 0.4) is 0 Å². The molecule has 0 saturated heterocycles. The Balaban J connectivity index is 1.79. The molecular weight excluding hydrogens is 433 g/mol. The van der Waals surface area contributed by atoms with Gasteiger partial charge in [0.05, 0.1) is 27.5 Å². The third-order valence-electron chi connectivity index (χ3n) is 5.70. The summed E-state index contributed by atoms with van der Waals surface area (Å²) in [6, 6.07) is 12.6. The predicted molar refractivity (Wildman–Crippen MR) is 120 cm³/mol. The number of H-pyrrole nitrogens is 1. The van der Waals surface area contributed by atoms with Crippen LogP contribution in [0.2, 0.25) is 5.02 Å². The molecule has 1 amide bonds. The zero-order valence-electron chi connectivity index (χ0n) is 16.8.